The van der Waals surface area contributed by atoms with Crippen LogP contribution in [0.4, 0.5) is 5.69 Å². The summed E-state index contributed by atoms with van der Waals surface area (Å²) in [5.74, 6) is 0. The molecule has 0 fully saturated rings. The number of hydrogen-bond donors (Lipinski definition) is 1. The topological polar surface area (TPSA) is 23.5 Å². The number of hydrogen-bond acceptors (Lipinski definition) is 2. The van der Waals surface area contributed by atoms with Crippen molar-refractivity contribution < 1.29 is 5.11 Å². The molecule has 0 aliphatic carbocycles. The van der Waals surface area contributed by atoms with E-state index in [1.165, 1.54) is 5.20 Å². The van der Waals surface area contributed by atoms with Gasteiger partial charge in [-0.3, -0.25) is 0 Å². The molecule has 1 N–H and O–H groups in total. The van der Waals surface area contributed by atoms with Gasteiger partial charge in [-0.1, -0.05) is 69.8 Å². The van der Waals surface area contributed by atoms with Crippen molar-refractivity contribution in [2.75, 3.05) is 19.0 Å². The van der Waals surface area contributed by atoms with Crippen molar-refractivity contribution in [2.24, 2.45) is 0 Å². The zero-order chi connectivity index (χ0) is 19.4. The van der Waals surface area contributed by atoms with Gasteiger partial charge in [0.25, 0.3) is 0 Å². The lowest BCUT2D eigenvalue weighted by atomic mass is 10.1. The second-order valence-corrected chi connectivity index (χ2v) is 19.0. The van der Waals surface area contributed by atoms with E-state index in [1.807, 2.05) is 26.2 Å². The van der Waals surface area contributed by atoms with Crippen LogP contribution in [0.1, 0.15) is 25.0 Å². The van der Waals surface area contributed by atoms with Gasteiger partial charge in [0, 0.05) is 19.8 Å². The molecule has 0 aliphatic heterocycles. The van der Waals surface area contributed by atoms with Gasteiger partial charge in [-0.2, -0.15) is 0 Å². The van der Waals surface area contributed by atoms with Crippen LogP contribution in [-0.4, -0.2) is 35.3 Å². The number of aliphatic hydroxyl groups excluding tert-OH is 1. The summed E-state index contributed by atoms with van der Waals surface area (Å²) in [6.45, 7) is 16.0. The number of benzene rings is 1. The molecule has 2 nitrogen and oxygen atoms in total. The monoisotopic (exact) mass is 373 g/mol. The van der Waals surface area contributed by atoms with Crippen LogP contribution in [-0.2, 0) is 0 Å². The maximum absolute atomic E-state index is 11.0. The summed E-state index contributed by atoms with van der Waals surface area (Å²) in [5.41, 5.74) is 8.94. The van der Waals surface area contributed by atoms with E-state index in [0.29, 0.717) is 0 Å². The molecule has 1 aromatic rings. The van der Waals surface area contributed by atoms with E-state index >= 15 is 0 Å². The van der Waals surface area contributed by atoms with Gasteiger partial charge in [-0.15, -0.1) is 0 Å². The zero-order valence-corrected chi connectivity index (χ0v) is 19.5. The van der Waals surface area contributed by atoms with Crippen LogP contribution in [0, 0.1) is 0 Å². The lowest BCUT2D eigenvalue weighted by Gasteiger charge is -2.24. The number of nitrogens with zero attached hydrogens (tertiary/aromatic N) is 1. The smallest absolute Gasteiger partial charge is 0.104 e. The fraction of sp³-hybridized carbons (Fsp3) is 0.524. The lowest BCUT2D eigenvalue weighted by molar-refractivity contribution is 0.222. The first-order valence-electron chi connectivity index (χ1n) is 9.09. The third-order valence-corrected chi connectivity index (χ3v) is 8.72. The van der Waals surface area contributed by atoms with Gasteiger partial charge in [-0.25, -0.2) is 0 Å². The maximum atomic E-state index is 11.0. The summed E-state index contributed by atoms with van der Waals surface area (Å²) in [7, 11) is 0.935. The van der Waals surface area contributed by atoms with Crippen molar-refractivity contribution in [3.63, 3.8) is 0 Å². The summed E-state index contributed by atoms with van der Waals surface area (Å²) < 4.78 is 0. The summed E-state index contributed by atoms with van der Waals surface area (Å²) in [4.78, 5) is 2.07. The van der Waals surface area contributed by atoms with Gasteiger partial charge >= 0.3 is 0 Å². The van der Waals surface area contributed by atoms with Gasteiger partial charge in [0.15, 0.2) is 0 Å². The molecule has 0 amide bonds. The van der Waals surface area contributed by atoms with E-state index in [1.54, 1.807) is 0 Å². The Labute approximate surface area is 156 Å². The lowest BCUT2D eigenvalue weighted by Crippen LogP contribution is -2.28. The first kappa shape index (κ1) is 21.8. The Hall–Kier alpha value is -1.29. The van der Waals surface area contributed by atoms with Crippen LogP contribution < -0.4 is 4.90 Å². The van der Waals surface area contributed by atoms with Crippen LogP contribution in [0.25, 0.3) is 0 Å². The van der Waals surface area contributed by atoms with Crippen LogP contribution in [0.5, 0.6) is 0 Å². The zero-order valence-electron chi connectivity index (χ0n) is 17.5. The molecule has 0 saturated carbocycles. The molecular formula is C21H35NOSi2. The fourth-order valence-electron chi connectivity index (χ4n) is 2.74. The average molecular weight is 374 g/mol. The minimum atomic E-state index is -1.72. The molecule has 4 heteroatoms. The SMILES string of the molecule is CCC(=C=C=C(C(O)c1ccc(N(C)C)cc1)[Si](C)(C)C)[Si](C)(C)C. The van der Waals surface area contributed by atoms with Crippen molar-refractivity contribution in [1.82, 2.24) is 0 Å². The minimum absolute atomic E-state index is 0.602. The molecule has 0 radical (unpaired) electrons. The van der Waals surface area contributed by atoms with Crippen molar-refractivity contribution >= 4 is 21.8 Å². The molecule has 0 spiro atoms. The van der Waals surface area contributed by atoms with Crippen molar-refractivity contribution in [3.05, 3.63) is 51.7 Å². The normalized spacial score (nSPS) is 12.9. The largest absolute Gasteiger partial charge is 0.384 e. The maximum Gasteiger partial charge on any atom is 0.104 e. The Morgan fingerprint density at radius 3 is 1.84 bits per heavy atom. The molecule has 138 valence electrons. The first-order valence-corrected chi connectivity index (χ1v) is 16.1. The van der Waals surface area contributed by atoms with Crippen molar-refractivity contribution in [2.45, 2.75) is 58.7 Å². The molecule has 1 unspecified atom stereocenters. The van der Waals surface area contributed by atoms with E-state index in [2.05, 4.69) is 74.7 Å². The molecule has 0 aromatic heterocycles. The predicted molar refractivity (Wildman–Crippen MR) is 117 cm³/mol. The molecular weight excluding hydrogens is 338 g/mol. The minimum Gasteiger partial charge on any atom is -0.384 e. The number of rotatable bonds is 6. The average Bonchev–Trinajstić information content (AvgIpc) is 2.48. The van der Waals surface area contributed by atoms with Crippen molar-refractivity contribution in [1.29, 1.82) is 0 Å². The van der Waals surface area contributed by atoms with Crippen LogP contribution in [0.15, 0.2) is 46.1 Å². The Kier molecular flexibility index (Phi) is 7.31. The van der Waals surface area contributed by atoms with Crippen LogP contribution in [0.2, 0.25) is 39.3 Å². The highest BCUT2D eigenvalue weighted by Crippen LogP contribution is 2.29. The third-order valence-electron chi connectivity index (χ3n) is 4.41. The molecule has 0 bridgehead atoms. The van der Waals surface area contributed by atoms with Gasteiger partial charge in [0.1, 0.15) is 6.10 Å². The van der Waals surface area contributed by atoms with Crippen LogP contribution in [0.3, 0.4) is 0 Å². The molecule has 1 rings (SSSR count). The van der Waals surface area contributed by atoms with Crippen LogP contribution >= 0.6 is 0 Å². The highest BCUT2D eigenvalue weighted by Gasteiger charge is 2.27. The van der Waals surface area contributed by atoms with E-state index in [0.717, 1.165) is 22.9 Å². The predicted octanol–water partition coefficient (Wildman–Crippen LogP) is 5.56. The highest BCUT2D eigenvalue weighted by atomic mass is 28.3. The Bertz CT molecular complexity index is 678. The summed E-state index contributed by atoms with van der Waals surface area (Å²) in [5, 5.41) is 13.4. The molecule has 1 atom stereocenters. The molecule has 0 aliphatic rings. The number of aliphatic hydroxyl groups is 1. The molecule has 25 heavy (non-hydrogen) atoms. The molecule has 0 saturated heterocycles. The van der Waals surface area contributed by atoms with E-state index in [4.69, 9.17) is 0 Å². The quantitative estimate of drug-likeness (QED) is 0.521. The van der Waals surface area contributed by atoms with Gasteiger partial charge < -0.3 is 10.0 Å². The second kappa shape index (κ2) is 8.40. The van der Waals surface area contributed by atoms with Gasteiger partial charge in [0.2, 0.25) is 0 Å². The third kappa shape index (κ3) is 6.18. The molecule has 0 heterocycles. The first-order chi connectivity index (χ1) is 11.4. The van der Waals surface area contributed by atoms with E-state index in [9.17, 15) is 5.11 Å². The fourth-order valence-corrected chi connectivity index (χ4v) is 5.66. The Morgan fingerprint density at radius 2 is 1.48 bits per heavy atom. The summed E-state index contributed by atoms with van der Waals surface area (Å²) >= 11 is 0. The summed E-state index contributed by atoms with van der Waals surface area (Å²) in [6, 6.07) is 8.15. The number of anilines is 1. The van der Waals surface area contributed by atoms with Gasteiger partial charge in [-0.05, 0) is 34.5 Å². The second-order valence-electron chi connectivity index (χ2n) is 8.88. The Balaban J connectivity index is 3.46. The van der Waals surface area contributed by atoms with E-state index < -0.39 is 22.3 Å². The highest BCUT2D eigenvalue weighted by molar-refractivity contribution is 6.83. The van der Waals surface area contributed by atoms with Gasteiger partial charge in [0.05, 0.1) is 16.1 Å². The Morgan fingerprint density at radius 1 is 0.960 bits per heavy atom. The van der Waals surface area contributed by atoms with Crippen molar-refractivity contribution in [3.8, 4) is 0 Å². The standard InChI is InChI=1S/C21H35NOSi2/c1-10-19(24(4,5)6)15-16-20(25(7,8)9)21(23)17-11-13-18(14-12-17)22(2)3/h11-14,21,23H,10H2,1-9H3. The number of allylic oxidation sites excluding steroid dienone is 1. The van der Waals surface area contributed by atoms with E-state index in [-0.39, 0.29) is 0 Å². The summed E-state index contributed by atoms with van der Waals surface area (Å²) in [6.07, 6.45) is 0.408. The molecule has 1 aromatic carbocycles.